The molecule has 1 fully saturated rings. The monoisotopic (exact) mass is 250 g/mol. The fourth-order valence-electron chi connectivity index (χ4n) is 2.07. The first-order chi connectivity index (χ1) is 8.70. The predicted octanol–water partition coefficient (Wildman–Crippen LogP) is 0.981. The maximum Gasteiger partial charge on any atom is 0.225 e. The molecule has 1 aromatic heterocycles. The van der Waals surface area contributed by atoms with Crippen LogP contribution in [-0.2, 0) is 11.2 Å². The molecule has 0 radical (unpaired) electrons. The lowest BCUT2D eigenvalue weighted by Gasteiger charge is -2.33. The number of hydrogen-bond donors (Lipinski definition) is 1. The van der Waals surface area contributed by atoms with Gasteiger partial charge in [-0.25, -0.2) is 9.97 Å². The zero-order chi connectivity index (χ0) is 13.0. The Morgan fingerprint density at radius 1 is 1.50 bits per heavy atom. The lowest BCUT2D eigenvalue weighted by molar-refractivity contribution is 0.0981. The summed E-state index contributed by atoms with van der Waals surface area (Å²) in [4.78, 5) is 11.1. The Labute approximate surface area is 108 Å². The van der Waals surface area contributed by atoms with Crippen molar-refractivity contribution in [2.75, 3.05) is 24.7 Å². The highest BCUT2D eigenvalue weighted by atomic mass is 16.5. The summed E-state index contributed by atoms with van der Waals surface area (Å²) in [5.41, 5.74) is 7.03. The van der Waals surface area contributed by atoms with Crippen LogP contribution in [0.1, 0.15) is 25.8 Å². The smallest absolute Gasteiger partial charge is 0.225 e. The molecule has 2 heterocycles. The first kappa shape index (κ1) is 13.2. The van der Waals surface area contributed by atoms with Crippen LogP contribution >= 0.6 is 0 Å². The van der Waals surface area contributed by atoms with E-state index in [2.05, 4.69) is 28.7 Å². The minimum atomic E-state index is 0.196. The van der Waals surface area contributed by atoms with Crippen LogP contribution in [0.4, 0.5) is 5.95 Å². The van der Waals surface area contributed by atoms with Crippen molar-refractivity contribution in [1.82, 2.24) is 9.97 Å². The molecule has 1 saturated heterocycles. The summed E-state index contributed by atoms with van der Waals surface area (Å²) in [5.74, 6) is 0.791. The van der Waals surface area contributed by atoms with Gasteiger partial charge < -0.3 is 15.4 Å². The van der Waals surface area contributed by atoms with E-state index in [1.165, 1.54) is 0 Å². The molecule has 100 valence electrons. The minimum absolute atomic E-state index is 0.196. The van der Waals surface area contributed by atoms with Gasteiger partial charge in [-0.15, -0.1) is 0 Å². The third kappa shape index (κ3) is 3.17. The Hall–Kier alpha value is -1.20. The summed E-state index contributed by atoms with van der Waals surface area (Å²) in [7, 11) is 0. The fraction of sp³-hybridized carbons (Fsp3) is 0.692. The van der Waals surface area contributed by atoms with Crippen molar-refractivity contribution < 1.29 is 4.74 Å². The molecule has 2 atom stereocenters. The number of nitrogens with two attached hydrogens (primary N) is 1. The summed E-state index contributed by atoms with van der Waals surface area (Å²) >= 11 is 0. The second-order valence-corrected chi connectivity index (χ2v) is 4.88. The van der Waals surface area contributed by atoms with Crippen LogP contribution in [-0.4, -0.2) is 41.8 Å². The molecule has 0 saturated carbocycles. The molecule has 1 aliphatic rings. The molecule has 18 heavy (non-hydrogen) atoms. The first-order valence-electron chi connectivity index (χ1n) is 6.61. The van der Waals surface area contributed by atoms with Crippen molar-refractivity contribution in [3.05, 3.63) is 18.0 Å². The van der Waals surface area contributed by atoms with E-state index in [0.717, 1.165) is 44.1 Å². The zero-order valence-electron chi connectivity index (χ0n) is 11.2. The van der Waals surface area contributed by atoms with Gasteiger partial charge in [0.25, 0.3) is 0 Å². The van der Waals surface area contributed by atoms with Gasteiger partial charge in [0, 0.05) is 25.0 Å². The van der Waals surface area contributed by atoms with E-state index in [-0.39, 0.29) is 6.04 Å². The van der Waals surface area contributed by atoms with Crippen molar-refractivity contribution in [2.45, 2.75) is 38.8 Å². The van der Waals surface area contributed by atoms with Crippen molar-refractivity contribution in [3.63, 3.8) is 0 Å². The van der Waals surface area contributed by atoms with E-state index in [4.69, 9.17) is 10.5 Å². The van der Waals surface area contributed by atoms with Gasteiger partial charge >= 0.3 is 0 Å². The van der Waals surface area contributed by atoms with Gasteiger partial charge in [0.05, 0.1) is 19.3 Å². The highest BCUT2D eigenvalue weighted by molar-refractivity contribution is 5.32. The lowest BCUT2D eigenvalue weighted by atomic mass is 10.1. The van der Waals surface area contributed by atoms with Crippen LogP contribution in [0, 0.1) is 0 Å². The molecule has 0 spiro atoms. The number of aromatic nitrogens is 2. The van der Waals surface area contributed by atoms with Gasteiger partial charge in [-0.1, -0.05) is 6.92 Å². The first-order valence-corrected chi connectivity index (χ1v) is 6.61. The number of rotatable bonds is 4. The maximum absolute atomic E-state index is 5.93. The SMILES string of the molecule is CCC(N)Cc1cnc(N2CCOCC2C)nc1. The molecule has 0 aromatic carbocycles. The zero-order valence-corrected chi connectivity index (χ0v) is 11.2. The van der Waals surface area contributed by atoms with Crippen LogP contribution in [0.3, 0.4) is 0 Å². The van der Waals surface area contributed by atoms with Crippen LogP contribution in [0.5, 0.6) is 0 Å². The molecule has 5 heteroatoms. The van der Waals surface area contributed by atoms with Crippen LogP contribution in [0.2, 0.25) is 0 Å². The summed E-state index contributed by atoms with van der Waals surface area (Å²) in [6.07, 6.45) is 5.60. The normalized spacial score (nSPS) is 21.9. The minimum Gasteiger partial charge on any atom is -0.377 e. The van der Waals surface area contributed by atoms with Crippen LogP contribution < -0.4 is 10.6 Å². The van der Waals surface area contributed by atoms with Gasteiger partial charge in [-0.2, -0.15) is 0 Å². The number of nitrogens with zero attached hydrogens (tertiary/aromatic N) is 3. The van der Waals surface area contributed by atoms with E-state index in [9.17, 15) is 0 Å². The average Bonchev–Trinajstić information content (AvgIpc) is 2.40. The third-order valence-corrected chi connectivity index (χ3v) is 3.34. The lowest BCUT2D eigenvalue weighted by Crippen LogP contribution is -2.44. The Morgan fingerprint density at radius 2 is 2.22 bits per heavy atom. The molecule has 0 bridgehead atoms. The van der Waals surface area contributed by atoms with Crippen molar-refractivity contribution in [1.29, 1.82) is 0 Å². The van der Waals surface area contributed by atoms with Crippen molar-refractivity contribution in [3.8, 4) is 0 Å². The number of ether oxygens (including phenoxy) is 1. The Morgan fingerprint density at radius 3 is 2.83 bits per heavy atom. The largest absolute Gasteiger partial charge is 0.377 e. The van der Waals surface area contributed by atoms with E-state index < -0.39 is 0 Å². The van der Waals surface area contributed by atoms with Gasteiger partial charge in [-0.05, 0) is 25.3 Å². The maximum atomic E-state index is 5.93. The predicted molar refractivity (Wildman–Crippen MR) is 71.6 cm³/mol. The number of morpholine rings is 1. The Balaban J connectivity index is 2.02. The summed E-state index contributed by atoms with van der Waals surface area (Å²) in [6.45, 7) is 6.57. The highest BCUT2D eigenvalue weighted by Crippen LogP contribution is 2.14. The molecular formula is C13H22N4O. The summed E-state index contributed by atoms with van der Waals surface area (Å²) in [6, 6.07) is 0.532. The van der Waals surface area contributed by atoms with E-state index in [0.29, 0.717) is 6.04 Å². The second-order valence-electron chi connectivity index (χ2n) is 4.88. The topological polar surface area (TPSA) is 64.3 Å². The summed E-state index contributed by atoms with van der Waals surface area (Å²) < 4.78 is 5.41. The van der Waals surface area contributed by atoms with E-state index in [1.807, 2.05) is 12.4 Å². The van der Waals surface area contributed by atoms with Gasteiger partial charge in [0.1, 0.15) is 0 Å². The fourth-order valence-corrected chi connectivity index (χ4v) is 2.07. The summed E-state index contributed by atoms with van der Waals surface area (Å²) in [5, 5.41) is 0. The molecule has 1 aliphatic heterocycles. The Kier molecular flexibility index (Phi) is 4.49. The molecular weight excluding hydrogens is 228 g/mol. The van der Waals surface area contributed by atoms with E-state index in [1.54, 1.807) is 0 Å². The molecule has 2 rings (SSSR count). The molecule has 2 N–H and O–H groups in total. The van der Waals surface area contributed by atoms with Gasteiger partial charge in [-0.3, -0.25) is 0 Å². The standard InChI is InChI=1S/C13H22N4O/c1-3-12(14)6-11-7-15-13(16-8-11)17-4-5-18-9-10(17)2/h7-8,10,12H,3-6,9,14H2,1-2H3. The van der Waals surface area contributed by atoms with Gasteiger partial charge in [0.15, 0.2) is 0 Å². The van der Waals surface area contributed by atoms with E-state index >= 15 is 0 Å². The number of anilines is 1. The van der Waals surface area contributed by atoms with Gasteiger partial charge in [0.2, 0.25) is 5.95 Å². The quantitative estimate of drug-likeness (QED) is 0.863. The second kappa shape index (κ2) is 6.11. The molecule has 2 unspecified atom stereocenters. The van der Waals surface area contributed by atoms with Crippen molar-refractivity contribution >= 4 is 5.95 Å². The molecule has 0 aliphatic carbocycles. The Bertz CT molecular complexity index is 368. The van der Waals surface area contributed by atoms with Crippen molar-refractivity contribution in [2.24, 2.45) is 5.73 Å². The average molecular weight is 250 g/mol. The highest BCUT2D eigenvalue weighted by Gasteiger charge is 2.20. The van der Waals surface area contributed by atoms with Crippen LogP contribution in [0.15, 0.2) is 12.4 Å². The molecule has 1 aromatic rings. The van der Waals surface area contributed by atoms with Crippen LogP contribution in [0.25, 0.3) is 0 Å². The molecule has 0 amide bonds. The molecule has 5 nitrogen and oxygen atoms in total. The third-order valence-electron chi connectivity index (χ3n) is 3.34. The number of hydrogen-bond acceptors (Lipinski definition) is 5.